The summed E-state index contributed by atoms with van der Waals surface area (Å²) in [5.41, 5.74) is 6.45. The summed E-state index contributed by atoms with van der Waals surface area (Å²) in [6.07, 6.45) is 1.85. The van der Waals surface area contributed by atoms with E-state index >= 15 is 8.78 Å². The van der Waals surface area contributed by atoms with Crippen molar-refractivity contribution in [2.75, 3.05) is 0 Å². The van der Waals surface area contributed by atoms with Crippen LogP contribution in [0.3, 0.4) is 0 Å². The molecule has 15 heteroatoms. The van der Waals surface area contributed by atoms with Crippen LogP contribution < -0.4 is 31.3 Å². The molecule has 0 aromatic heterocycles. The molecule has 4 rings (SSSR count). The van der Waals surface area contributed by atoms with Crippen molar-refractivity contribution >= 4 is 23.8 Å². The van der Waals surface area contributed by atoms with E-state index in [1.807, 2.05) is 0 Å². The number of hydrogen-bond donors (Lipinski definition) is 6. The molecule has 1 aliphatic carbocycles. The standard InChI is InChI=1S/C37H45F2N5O8/c1-36(2,3)51-34(46)30(40)21-17-28(38)31(29(39)18-21)50-27-16-22(15-26(19-27)49-25-13-7-20(8-14-25)32(41)44-48)33(45)42-23-9-11-24(12-10-23)43-35(47)52-37(4,5)6/h7-8,13-19,23-24,30,48H,9-12,40H2,1-6H3,(H2,41,44)(H,42,45)(H,43,47). The highest BCUT2D eigenvalue weighted by Crippen LogP contribution is 2.35. The number of amides is 2. The predicted molar refractivity (Wildman–Crippen MR) is 187 cm³/mol. The van der Waals surface area contributed by atoms with Crippen LogP contribution in [0.1, 0.15) is 94.8 Å². The maximum atomic E-state index is 15.3. The van der Waals surface area contributed by atoms with E-state index in [0.29, 0.717) is 31.2 Å². The number of amidine groups is 1. The van der Waals surface area contributed by atoms with Gasteiger partial charge in [0.05, 0.1) is 0 Å². The van der Waals surface area contributed by atoms with Gasteiger partial charge in [-0.05, 0) is 121 Å². The number of nitrogens with two attached hydrogens (primary N) is 1. The van der Waals surface area contributed by atoms with E-state index in [-0.39, 0.29) is 46.3 Å². The van der Waals surface area contributed by atoms with E-state index in [1.165, 1.54) is 42.5 Å². The van der Waals surface area contributed by atoms with Crippen LogP contribution in [0.5, 0.6) is 23.0 Å². The molecule has 280 valence electrons. The van der Waals surface area contributed by atoms with Gasteiger partial charge in [-0.1, -0.05) is 0 Å². The third-order valence-corrected chi connectivity index (χ3v) is 7.68. The predicted octanol–water partition coefficient (Wildman–Crippen LogP) is 6.76. The lowest BCUT2D eigenvalue weighted by Crippen LogP contribution is -2.45. The largest absolute Gasteiger partial charge is 0.459 e. The van der Waals surface area contributed by atoms with Crippen LogP contribution in [0.15, 0.2) is 54.6 Å². The molecule has 1 unspecified atom stereocenters. The Kier molecular flexibility index (Phi) is 12.4. The molecule has 0 spiro atoms. The van der Waals surface area contributed by atoms with E-state index in [9.17, 15) is 14.4 Å². The van der Waals surface area contributed by atoms with Crippen LogP contribution >= 0.6 is 0 Å². The molecule has 13 nitrogen and oxygen atoms in total. The molecule has 1 fully saturated rings. The van der Waals surface area contributed by atoms with Crippen molar-refractivity contribution in [2.24, 2.45) is 5.73 Å². The average Bonchev–Trinajstić information content (AvgIpc) is 3.05. The molecule has 0 heterocycles. The number of benzene rings is 3. The maximum absolute atomic E-state index is 15.3. The molecular formula is C37H45F2N5O8. The Labute approximate surface area is 300 Å². The monoisotopic (exact) mass is 725 g/mol. The van der Waals surface area contributed by atoms with Crippen molar-refractivity contribution in [2.45, 2.75) is 96.6 Å². The zero-order chi connectivity index (χ0) is 38.4. The molecule has 0 saturated heterocycles. The van der Waals surface area contributed by atoms with Crippen molar-refractivity contribution in [3.8, 4) is 23.0 Å². The summed E-state index contributed by atoms with van der Waals surface area (Å²) in [5.74, 6) is -4.50. The molecule has 2 amide bonds. The highest BCUT2D eigenvalue weighted by Gasteiger charge is 2.28. The minimum atomic E-state index is -1.46. The van der Waals surface area contributed by atoms with E-state index in [1.54, 1.807) is 47.0 Å². The number of carbonyl (C=O) groups is 3. The average molecular weight is 726 g/mol. The molecule has 0 radical (unpaired) electrons. The van der Waals surface area contributed by atoms with Crippen molar-refractivity contribution < 1.29 is 47.3 Å². The normalized spacial score (nSPS) is 16.6. The molecule has 1 saturated carbocycles. The van der Waals surface area contributed by atoms with Gasteiger partial charge < -0.3 is 35.3 Å². The number of ether oxygens (including phenoxy) is 4. The number of nitrogens with one attached hydrogen (secondary N) is 4. The quantitative estimate of drug-likeness (QED) is 0.0563. The lowest BCUT2D eigenvalue weighted by Gasteiger charge is -2.30. The first-order chi connectivity index (χ1) is 24.3. The number of hydroxylamine groups is 1. The molecule has 3 aromatic rings. The minimum absolute atomic E-state index is 0.0637. The van der Waals surface area contributed by atoms with E-state index in [2.05, 4.69) is 10.6 Å². The van der Waals surface area contributed by atoms with Gasteiger partial charge in [-0.15, -0.1) is 0 Å². The summed E-state index contributed by atoms with van der Waals surface area (Å²) in [6.45, 7) is 10.2. The van der Waals surface area contributed by atoms with Crippen LogP contribution in [0.2, 0.25) is 0 Å². The van der Waals surface area contributed by atoms with Crippen LogP contribution in [-0.4, -0.2) is 52.3 Å². The number of rotatable bonds is 10. The smallest absolute Gasteiger partial charge is 0.407 e. The summed E-state index contributed by atoms with van der Waals surface area (Å²) in [6, 6.07) is 10.1. The van der Waals surface area contributed by atoms with Crippen LogP contribution in [-0.2, 0) is 14.3 Å². The van der Waals surface area contributed by atoms with Gasteiger partial charge >= 0.3 is 12.1 Å². The lowest BCUT2D eigenvalue weighted by molar-refractivity contribution is -0.156. The van der Waals surface area contributed by atoms with Crippen molar-refractivity contribution in [1.82, 2.24) is 16.1 Å². The Balaban J connectivity index is 1.55. The molecule has 0 bridgehead atoms. The van der Waals surface area contributed by atoms with Gasteiger partial charge in [0.25, 0.3) is 5.91 Å². The van der Waals surface area contributed by atoms with Crippen LogP contribution in [0, 0.1) is 17.0 Å². The fourth-order valence-corrected chi connectivity index (χ4v) is 5.31. The molecule has 3 aromatic carbocycles. The highest BCUT2D eigenvalue weighted by molar-refractivity contribution is 5.96. The second-order valence-corrected chi connectivity index (χ2v) is 14.4. The Morgan fingerprint density at radius 1 is 0.769 bits per heavy atom. The van der Waals surface area contributed by atoms with Gasteiger partial charge in [-0.2, -0.15) is 0 Å². The number of hydrogen-bond acceptors (Lipinski definition) is 10. The second kappa shape index (κ2) is 16.4. The fraction of sp³-hybridized carbons (Fsp3) is 0.405. The van der Waals surface area contributed by atoms with Gasteiger partial charge in [0.15, 0.2) is 17.4 Å². The number of esters is 1. The summed E-state index contributed by atoms with van der Waals surface area (Å²) in [7, 11) is 0. The summed E-state index contributed by atoms with van der Waals surface area (Å²) >= 11 is 0. The van der Waals surface area contributed by atoms with Crippen molar-refractivity contribution in [3.63, 3.8) is 0 Å². The summed E-state index contributed by atoms with van der Waals surface area (Å²) in [5, 5.41) is 22.6. The van der Waals surface area contributed by atoms with Gasteiger partial charge in [0.2, 0.25) is 0 Å². The van der Waals surface area contributed by atoms with Gasteiger partial charge in [0, 0.05) is 29.3 Å². The molecule has 0 aliphatic heterocycles. The van der Waals surface area contributed by atoms with Crippen LogP contribution in [0.4, 0.5) is 13.6 Å². The Morgan fingerprint density at radius 3 is 1.81 bits per heavy atom. The molecular weight excluding hydrogens is 680 g/mol. The molecule has 1 aliphatic rings. The van der Waals surface area contributed by atoms with Crippen molar-refractivity contribution in [3.05, 3.63) is 82.9 Å². The molecule has 7 N–H and O–H groups in total. The highest BCUT2D eigenvalue weighted by atomic mass is 19.1. The number of carbonyl (C=O) groups excluding carboxylic acids is 3. The SMILES string of the molecule is CC(C)(C)OC(=O)NC1CCC(NC(=O)c2cc(Oc3ccc(C(=N)NO)cc3)cc(Oc3c(F)cc(C(N)C(=O)OC(C)(C)C)cc3F)c2)CC1. The first-order valence-corrected chi connectivity index (χ1v) is 16.7. The fourth-order valence-electron chi connectivity index (χ4n) is 5.31. The zero-order valence-electron chi connectivity index (χ0n) is 29.9. The van der Waals surface area contributed by atoms with E-state index in [0.717, 1.165) is 12.1 Å². The Morgan fingerprint density at radius 2 is 1.29 bits per heavy atom. The number of halogens is 2. The third-order valence-electron chi connectivity index (χ3n) is 7.68. The third kappa shape index (κ3) is 11.4. The van der Waals surface area contributed by atoms with Crippen molar-refractivity contribution in [1.29, 1.82) is 5.41 Å². The van der Waals surface area contributed by atoms with E-state index in [4.69, 9.17) is 35.3 Å². The topological polar surface area (TPSA) is 194 Å². The Hall–Kier alpha value is -5.28. The molecule has 1 atom stereocenters. The van der Waals surface area contributed by atoms with Gasteiger partial charge in [0.1, 0.15) is 40.3 Å². The first-order valence-electron chi connectivity index (χ1n) is 16.7. The number of alkyl carbamates (subject to hydrolysis) is 1. The van der Waals surface area contributed by atoms with Gasteiger partial charge in [-0.25, -0.2) is 18.4 Å². The van der Waals surface area contributed by atoms with E-state index < -0.39 is 52.6 Å². The Bertz CT molecular complexity index is 1760. The minimum Gasteiger partial charge on any atom is -0.459 e. The second-order valence-electron chi connectivity index (χ2n) is 14.4. The van der Waals surface area contributed by atoms with Crippen LogP contribution in [0.25, 0.3) is 0 Å². The first kappa shape index (κ1) is 39.5. The zero-order valence-corrected chi connectivity index (χ0v) is 29.9. The van der Waals surface area contributed by atoms with Gasteiger partial charge in [-0.3, -0.25) is 20.9 Å². The molecule has 52 heavy (non-hydrogen) atoms. The lowest BCUT2D eigenvalue weighted by atomic mass is 9.91. The maximum Gasteiger partial charge on any atom is 0.407 e. The summed E-state index contributed by atoms with van der Waals surface area (Å²) < 4.78 is 52.8. The summed E-state index contributed by atoms with van der Waals surface area (Å²) in [4.78, 5) is 38.2.